The second kappa shape index (κ2) is 11.0. The summed E-state index contributed by atoms with van der Waals surface area (Å²) in [5.41, 5.74) is 8.25. The first-order valence-corrected chi connectivity index (χ1v) is 9.26. The van der Waals surface area contributed by atoms with Crippen LogP contribution in [0.1, 0.15) is 21.5 Å². The number of nitrogens with one attached hydrogen (secondary N) is 1. The van der Waals surface area contributed by atoms with Gasteiger partial charge >= 0.3 is 0 Å². The lowest BCUT2D eigenvalue weighted by Gasteiger charge is -2.36. The molecule has 0 atom stereocenters. The lowest BCUT2D eigenvalue weighted by Crippen LogP contribution is -2.52. The molecule has 1 saturated heterocycles. The van der Waals surface area contributed by atoms with E-state index in [2.05, 4.69) is 50.4 Å². The molecule has 28 heavy (non-hydrogen) atoms. The van der Waals surface area contributed by atoms with Gasteiger partial charge in [-0.05, 0) is 23.3 Å². The van der Waals surface area contributed by atoms with E-state index in [1.54, 1.807) is 12.1 Å². The van der Waals surface area contributed by atoms with Crippen molar-refractivity contribution in [2.24, 2.45) is 10.7 Å². The number of halogens is 1. The summed E-state index contributed by atoms with van der Waals surface area (Å²) < 4.78 is 0. The number of benzene rings is 2. The maximum atomic E-state index is 11.1. The van der Waals surface area contributed by atoms with Crippen LogP contribution in [0.2, 0.25) is 0 Å². The van der Waals surface area contributed by atoms with Crippen molar-refractivity contribution in [3.05, 3.63) is 71.3 Å². The fraction of sp³-hybridized carbons (Fsp3) is 0.333. The average Bonchev–Trinajstić information content (AvgIpc) is 2.71. The number of nitrogens with two attached hydrogens (primary N) is 1. The van der Waals surface area contributed by atoms with E-state index < -0.39 is 5.91 Å². The van der Waals surface area contributed by atoms with Crippen LogP contribution < -0.4 is 11.1 Å². The highest BCUT2D eigenvalue weighted by Crippen LogP contribution is 2.09. The molecule has 0 aromatic heterocycles. The number of hydrogen-bond acceptors (Lipinski definition) is 3. The molecule has 1 fully saturated rings. The van der Waals surface area contributed by atoms with Crippen LogP contribution in [0.25, 0.3) is 0 Å². The Balaban J connectivity index is 0.00000280. The molecule has 1 amide bonds. The van der Waals surface area contributed by atoms with Gasteiger partial charge in [-0.1, -0.05) is 42.5 Å². The molecule has 1 heterocycles. The molecule has 0 aliphatic carbocycles. The molecule has 2 aromatic rings. The van der Waals surface area contributed by atoms with E-state index in [4.69, 9.17) is 5.73 Å². The molecular formula is C21H28IN5O. The maximum absolute atomic E-state index is 11.1. The topological polar surface area (TPSA) is 74.0 Å². The molecule has 3 rings (SSSR count). The van der Waals surface area contributed by atoms with Gasteiger partial charge in [0.05, 0.1) is 0 Å². The third kappa shape index (κ3) is 6.20. The molecule has 6 nitrogen and oxygen atoms in total. The number of amides is 1. The number of piperazine rings is 1. The van der Waals surface area contributed by atoms with Gasteiger partial charge in [0.25, 0.3) is 0 Å². The van der Waals surface area contributed by atoms with Gasteiger partial charge in [-0.3, -0.25) is 14.7 Å². The molecule has 2 aromatic carbocycles. The first-order chi connectivity index (χ1) is 13.2. The zero-order chi connectivity index (χ0) is 19.1. The second-order valence-corrected chi connectivity index (χ2v) is 6.71. The van der Waals surface area contributed by atoms with Gasteiger partial charge in [0.2, 0.25) is 5.91 Å². The van der Waals surface area contributed by atoms with E-state index >= 15 is 0 Å². The summed E-state index contributed by atoms with van der Waals surface area (Å²) in [6, 6.07) is 17.9. The molecule has 0 spiro atoms. The highest BCUT2D eigenvalue weighted by Gasteiger charge is 2.19. The molecule has 3 N–H and O–H groups in total. The van der Waals surface area contributed by atoms with Crippen molar-refractivity contribution < 1.29 is 4.79 Å². The SMILES string of the molecule is CN=C(NCc1ccc(C(N)=O)cc1)N1CCN(Cc2ccccc2)CC1.I. The van der Waals surface area contributed by atoms with E-state index in [0.29, 0.717) is 12.1 Å². The predicted molar refractivity (Wildman–Crippen MR) is 124 cm³/mol. The van der Waals surface area contributed by atoms with Gasteiger partial charge in [-0.25, -0.2) is 0 Å². The fourth-order valence-corrected chi connectivity index (χ4v) is 3.26. The van der Waals surface area contributed by atoms with Crippen LogP contribution in [-0.2, 0) is 13.1 Å². The Morgan fingerprint density at radius 2 is 1.64 bits per heavy atom. The molecule has 150 valence electrons. The van der Waals surface area contributed by atoms with Crippen LogP contribution >= 0.6 is 24.0 Å². The second-order valence-electron chi connectivity index (χ2n) is 6.71. The third-order valence-electron chi connectivity index (χ3n) is 4.82. The van der Waals surface area contributed by atoms with Crippen LogP contribution in [-0.4, -0.2) is 54.9 Å². The summed E-state index contributed by atoms with van der Waals surface area (Å²) >= 11 is 0. The number of carbonyl (C=O) groups excluding carboxylic acids is 1. The highest BCUT2D eigenvalue weighted by molar-refractivity contribution is 14.0. The molecule has 0 unspecified atom stereocenters. The van der Waals surface area contributed by atoms with E-state index in [9.17, 15) is 4.79 Å². The number of rotatable bonds is 5. The largest absolute Gasteiger partial charge is 0.366 e. The van der Waals surface area contributed by atoms with Gasteiger partial charge < -0.3 is 16.0 Å². The lowest BCUT2D eigenvalue weighted by atomic mass is 10.1. The summed E-state index contributed by atoms with van der Waals surface area (Å²) in [6.45, 7) is 5.59. The van der Waals surface area contributed by atoms with Gasteiger partial charge in [-0.2, -0.15) is 0 Å². The zero-order valence-corrected chi connectivity index (χ0v) is 18.5. The lowest BCUT2D eigenvalue weighted by molar-refractivity contribution is 0.100. The van der Waals surface area contributed by atoms with E-state index in [1.165, 1.54) is 5.56 Å². The van der Waals surface area contributed by atoms with Gasteiger partial charge in [0.15, 0.2) is 5.96 Å². The van der Waals surface area contributed by atoms with Gasteiger partial charge in [0.1, 0.15) is 0 Å². The van der Waals surface area contributed by atoms with Crippen LogP contribution in [0.15, 0.2) is 59.6 Å². The van der Waals surface area contributed by atoms with Crippen molar-refractivity contribution in [3.63, 3.8) is 0 Å². The van der Waals surface area contributed by atoms with Gasteiger partial charge in [0, 0.05) is 51.9 Å². The Labute approximate surface area is 183 Å². The Bertz CT molecular complexity index is 771. The number of primary amides is 1. The molecule has 1 aliphatic rings. The maximum Gasteiger partial charge on any atom is 0.248 e. The van der Waals surface area contributed by atoms with Crippen LogP contribution in [0, 0.1) is 0 Å². The Hall–Kier alpha value is -2.13. The Morgan fingerprint density at radius 1 is 1.00 bits per heavy atom. The highest BCUT2D eigenvalue weighted by atomic mass is 127. The van der Waals surface area contributed by atoms with Crippen LogP contribution in [0.5, 0.6) is 0 Å². The van der Waals surface area contributed by atoms with Crippen molar-refractivity contribution in [2.45, 2.75) is 13.1 Å². The van der Waals surface area contributed by atoms with Crippen LogP contribution in [0.3, 0.4) is 0 Å². The summed E-state index contributed by atoms with van der Waals surface area (Å²) in [7, 11) is 1.81. The molecular weight excluding hydrogens is 465 g/mol. The Kier molecular flexibility index (Phi) is 8.72. The number of aliphatic imine (C=N–C) groups is 1. The number of carbonyl (C=O) groups is 1. The quantitative estimate of drug-likeness (QED) is 0.381. The minimum absolute atomic E-state index is 0. The normalized spacial score (nSPS) is 15.0. The van der Waals surface area contributed by atoms with Crippen molar-refractivity contribution in [3.8, 4) is 0 Å². The molecule has 0 bridgehead atoms. The smallest absolute Gasteiger partial charge is 0.248 e. The first kappa shape index (κ1) is 22.2. The van der Waals surface area contributed by atoms with Crippen LogP contribution in [0.4, 0.5) is 0 Å². The van der Waals surface area contributed by atoms with Gasteiger partial charge in [-0.15, -0.1) is 24.0 Å². The average molecular weight is 493 g/mol. The summed E-state index contributed by atoms with van der Waals surface area (Å²) in [5, 5.41) is 3.41. The minimum atomic E-state index is -0.404. The number of guanidine groups is 1. The minimum Gasteiger partial charge on any atom is -0.366 e. The standard InChI is InChI=1S/C21H27N5O.HI/c1-23-21(24-15-17-7-9-19(10-8-17)20(22)27)26-13-11-25(12-14-26)16-18-5-3-2-4-6-18;/h2-10H,11-16H2,1H3,(H2,22,27)(H,23,24);1H. The third-order valence-corrected chi connectivity index (χ3v) is 4.82. The summed E-state index contributed by atoms with van der Waals surface area (Å²) in [6.07, 6.45) is 0. The first-order valence-electron chi connectivity index (χ1n) is 9.26. The zero-order valence-electron chi connectivity index (χ0n) is 16.2. The van der Waals surface area contributed by atoms with Crippen molar-refractivity contribution in [2.75, 3.05) is 33.2 Å². The molecule has 1 aliphatic heterocycles. The Morgan fingerprint density at radius 3 is 2.21 bits per heavy atom. The number of nitrogens with zero attached hydrogens (tertiary/aromatic N) is 3. The van der Waals surface area contributed by atoms with E-state index in [1.807, 2.05) is 19.2 Å². The van der Waals surface area contributed by atoms with Crippen molar-refractivity contribution in [1.29, 1.82) is 0 Å². The van der Waals surface area contributed by atoms with E-state index in [0.717, 1.165) is 44.2 Å². The fourth-order valence-electron chi connectivity index (χ4n) is 3.26. The molecule has 0 radical (unpaired) electrons. The number of hydrogen-bond donors (Lipinski definition) is 2. The summed E-state index contributed by atoms with van der Waals surface area (Å²) in [4.78, 5) is 20.3. The van der Waals surface area contributed by atoms with Crippen molar-refractivity contribution in [1.82, 2.24) is 15.1 Å². The van der Waals surface area contributed by atoms with E-state index in [-0.39, 0.29) is 24.0 Å². The molecule has 7 heteroatoms. The van der Waals surface area contributed by atoms with Crippen molar-refractivity contribution >= 4 is 35.8 Å². The summed E-state index contributed by atoms with van der Waals surface area (Å²) in [5.74, 6) is 0.507. The molecule has 0 saturated carbocycles. The monoisotopic (exact) mass is 493 g/mol. The predicted octanol–water partition coefficient (Wildman–Crippen LogP) is 2.30.